The van der Waals surface area contributed by atoms with Crippen molar-refractivity contribution >= 4 is 15.8 Å². The van der Waals surface area contributed by atoms with E-state index in [2.05, 4.69) is 9.88 Å². The van der Waals surface area contributed by atoms with Gasteiger partial charge in [-0.05, 0) is 56.7 Å². The van der Waals surface area contributed by atoms with Gasteiger partial charge < -0.3 is 4.74 Å². The van der Waals surface area contributed by atoms with E-state index in [4.69, 9.17) is 4.74 Å². The standard InChI is InChI=1S/C24H39N3O4S/c28-24(12-11-22-7-5-13-25-21-22)10-2-1-3-20-32(29,30)27(23-8-4-9-23)15-6-14-26-16-18-31-19-17-26/h5,7,13,21,23H,1-4,6,8-12,14-20H2. The molecule has 0 atom stereocenters. The molecule has 1 aromatic rings. The zero-order chi connectivity index (χ0) is 22.7. The van der Waals surface area contributed by atoms with E-state index in [0.717, 1.165) is 83.4 Å². The number of pyridine rings is 1. The Morgan fingerprint density at radius 3 is 2.62 bits per heavy atom. The summed E-state index contributed by atoms with van der Waals surface area (Å²) in [5.74, 6) is 0.446. The molecule has 180 valence electrons. The summed E-state index contributed by atoms with van der Waals surface area (Å²) in [6.07, 6.45) is 11.5. The van der Waals surface area contributed by atoms with Crippen molar-refractivity contribution in [1.29, 1.82) is 0 Å². The third-order valence-electron chi connectivity index (χ3n) is 6.57. The highest BCUT2D eigenvalue weighted by molar-refractivity contribution is 7.89. The largest absolute Gasteiger partial charge is 0.379 e. The number of hydrogen-bond acceptors (Lipinski definition) is 6. The van der Waals surface area contributed by atoms with Crippen molar-refractivity contribution in [2.24, 2.45) is 0 Å². The van der Waals surface area contributed by atoms with Gasteiger partial charge in [0.25, 0.3) is 0 Å². The molecule has 1 aliphatic carbocycles. The molecule has 0 amide bonds. The maximum absolute atomic E-state index is 13.0. The van der Waals surface area contributed by atoms with Gasteiger partial charge >= 0.3 is 0 Å². The third kappa shape index (κ3) is 8.54. The highest BCUT2D eigenvalue weighted by Crippen LogP contribution is 2.28. The molecule has 0 spiro atoms. The van der Waals surface area contributed by atoms with Crippen molar-refractivity contribution in [3.63, 3.8) is 0 Å². The zero-order valence-electron chi connectivity index (χ0n) is 19.3. The Morgan fingerprint density at radius 2 is 1.94 bits per heavy atom. The van der Waals surface area contributed by atoms with Gasteiger partial charge in [-0.15, -0.1) is 0 Å². The Hall–Kier alpha value is -1.35. The summed E-state index contributed by atoms with van der Waals surface area (Å²) in [5, 5.41) is 0. The van der Waals surface area contributed by atoms with E-state index in [1.54, 1.807) is 16.7 Å². The number of hydrogen-bond donors (Lipinski definition) is 0. The van der Waals surface area contributed by atoms with Crippen LogP contribution in [0.15, 0.2) is 24.5 Å². The summed E-state index contributed by atoms with van der Waals surface area (Å²) >= 11 is 0. The van der Waals surface area contributed by atoms with Crippen LogP contribution in [0.5, 0.6) is 0 Å². The Kier molecular flexibility index (Phi) is 10.6. The minimum absolute atomic E-state index is 0.193. The molecule has 7 nitrogen and oxygen atoms in total. The molecule has 8 heteroatoms. The fraction of sp³-hybridized carbons (Fsp3) is 0.750. The molecule has 0 N–H and O–H groups in total. The van der Waals surface area contributed by atoms with Crippen LogP contribution in [0, 0.1) is 0 Å². The van der Waals surface area contributed by atoms with Crippen molar-refractivity contribution in [3.8, 4) is 0 Å². The van der Waals surface area contributed by atoms with Gasteiger partial charge in [-0.3, -0.25) is 14.7 Å². The summed E-state index contributed by atoms with van der Waals surface area (Å²) in [4.78, 5) is 18.5. The molecule has 0 bridgehead atoms. The van der Waals surface area contributed by atoms with Crippen LogP contribution >= 0.6 is 0 Å². The average Bonchev–Trinajstić information content (AvgIpc) is 2.77. The Bertz CT molecular complexity index is 778. The van der Waals surface area contributed by atoms with Gasteiger partial charge in [0.05, 0.1) is 19.0 Å². The number of aryl methyl sites for hydroxylation is 1. The third-order valence-corrected chi connectivity index (χ3v) is 8.57. The number of carbonyl (C=O) groups is 1. The number of ether oxygens (including phenoxy) is 1. The number of nitrogens with zero attached hydrogens (tertiary/aromatic N) is 3. The first-order chi connectivity index (χ1) is 15.5. The second kappa shape index (κ2) is 13.4. The first-order valence-corrected chi connectivity index (χ1v) is 13.9. The Balaban J connectivity index is 1.32. The van der Waals surface area contributed by atoms with Crippen LogP contribution in [0.25, 0.3) is 0 Å². The van der Waals surface area contributed by atoms with Crippen LogP contribution < -0.4 is 0 Å². The number of unbranched alkanes of at least 4 members (excludes halogenated alkanes) is 2. The van der Waals surface area contributed by atoms with Gasteiger partial charge in [-0.1, -0.05) is 18.9 Å². The lowest BCUT2D eigenvalue weighted by Gasteiger charge is -2.37. The van der Waals surface area contributed by atoms with Crippen molar-refractivity contribution in [3.05, 3.63) is 30.1 Å². The molecule has 1 saturated heterocycles. The van der Waals surface area contributed by atoms with Crippen molar-refractivity contribution < 1.29 is 17.9 Å². The van der Waals surface area contributed by atoms with Crippen molar-refractivity contribution in [2.45, 2.75) is 70.3 Å². The maximum atomic E-state index is 13.0. The highest BCUT2D eigenvalue weighted by Gasteiger charge is 2.33. The summed E-state index contributed by atoms with van der Waals surface area (Å²) in [6.45, 7) is 4.99. The summed E-state index contributed by atoms with van der Waals surface area (Å²) in [7, 11) is -3.23. The van der Waals surface area contributed by atoms with E-state index in [0.29, 0.717) is 25.8 Å². The molecule has 2 fully saturated rings. The summed E-state index contributed by atoms with van der Waals surface area (Å²) in [6, 6.07) is 4.06. The van der Waals surface area contributed by atoms with E-state index in [9.17, 15) is 13.2 Å². The van der Waals surface area contributed by atoms with Crippen molar-refractivity contribution in [2.75, 3.05) is 45.1 Å². The lowest BCUT2D eigenvalue weighted by molar-refractivity contribution is -0.119. The van der Waals surface area contributed by atoms with Gasteiger partial charge in [-0.2, -0.15) is 4.31 Å². The SMILES string of the molecule is O=C(CCCCCS(=O)(=O)N(CCCN1CCOCC1)C1CCC1)CCc1cccnc1. The van der Waals surface area contributed by atoms with Crippen molar-refractivity contribution in [1.82, 2.24) is 14.2 Å². The lowest BCUT2D eigenvalue weighted by atomic mass is 9.93. The summed E-state index contributed by atoms with van der Waals surface area (Å²) in [5.41, 5.74) is 1.08. The molecule has 3 rings (SSSR count). The molecule has 1 saturated carbocycles. The average molecular weight is 466 g/mol. The number of ketones is 1. The number of aromatic nitrogens is 1. The smallest absolute Gasteiger partial charge is 0.214 e. The molecule has 1 aliphatic heterocycles. The van der Waals surface area contributed by atoms with Gasteiger partial charge in [0.1, 0.15) is 5.78 Å². The fourth-order valence-corrected chi connectivity index (χ4v) is 6.23. The number of Topliss-reactive ketones (excluding diaryl/α,β-unsaturated/α-hetero) is 1. The highest BCUT2D eigenvalue weighted by atomic mass is 32.2. The van der Waals surface area contributed by atoms with Crippen LogP contribution in [0.2, 0.25) is 0 Å². The second-order valence-electron chi connectivity index (χ2n) is 9.03. The minimum atomic E-state index is -3.23. The number of sulfonamides is 1. The molecule has 1 aromatic heterocycles. The fourth-order valence-electron chi connectivity index (χ4n) is 4.35. The monoisotopic (exact) mass is 465 g/mol. The molecule has 32 heavy (non-hydrogen) atoms. The molecule has 0 aromatic carbocycles. The van der Waals surface area contributed by atoms with Crippen LogP contribution in [-0.2, 0) is 26.0 Å². The van der Waals surface area contributed by atoms with E-state index in [1.807, 2.05) is 12.1 Å². The van der Waals surface area contributed by atoms with E-state index < -0.39 is 10.0 Å². The molecule has 0 radical (unpaired) electrons. The second-order valence-corrected chi connectivity index (χ2v) is 11.1. The summed E-state index contributed by atoms with van der Waals surface area (Å²) < 4.78 is 33.2. The molecule has 2 aliphatic rings. The quantitative estimate of drug-likeness (QED) is 0.371. The normalized spacial score (nSPS) is 18.0. The number of morpholine rings is 1. The minimum Gasteiger partial charge on any atom is -0.379 e. The van der Waals surface area contributed by atoms with E-state index in [1.165, 1.54) is 0 Å². The maximum Gasteiger partial charge on any atom is 0.214 e. The predicted molar refractivity (Wildman–Crippen MR) is 126 cm³/mol. The number of carbonyl (C=O) groups excluding carboxylic acids is 1. The van der Waals surface area contributed by atoms with E-state index >= 15 is 0 Å². The predicted octanol–water partition coefficient (Wildman–Crippen LogP) is 3.05. The first-order valence-electron chi connectivity index (χ1n) is 12.2. The van der Waals surface area contributed by atoms with Crippen LogP contribution in [-0.4, -0.2) is 79.6 Å². The molecule has 0 unspecified atom stereocenters. The van der Waals surface area contributed by atoms with Gasteiger partial charge in [0.15, 0.2) is 0 Å². The van der Waals surface area contributed by atoms with Crippen LogP contribution in [0.3, 0.4) is 0 Å². The zero-order valence-corrected chi connectivity index (χ0v) is 20.1. The number of rotatable bonds is 15. The Labute approximate surface area is 193 Å². The van der Waals surface area contributed by atoms with Crippen LogP contribution in [0.1, 0.15) is 63.4 Å². The van der Waals surface area contributed by atoms with E-state index in [-0.39, 0.29) is 17.6 Å². The van der Waals surface area contributed by atoms with Crippen LogP contribution in [0.4, 0.5) is 0 Å². The Morgan fingerprint density at radius 1 is 1.12 bits per heavy atom. The van der Waals surface area contributed by atoms with Gasteiger partial charge in [-0.25, -0.2) is 8.42 Å². The van der Waals surface area contributed by atoms with Gasteiger partial charge in [0.2, 0.25) is 10.0 Å². The topological polar surface area (TPSA) is 79.8 Å². The first kappa shape index (κ1) is 25.3. The lowest BCUT2D eigenvalue weighted by Crippen LogP contribution is -2.46. The van der Waals surface area contributed by atoms with Gasteiger partial charge in [0, 0.05) is 50.9 Å². The molecular formula is C24H39N3O4S. The molecule has 2 heterocycles. The molecular weight excluding hydrogens is 426 g/mol.